The third kappa shape index (κ3) is 6.98. The SMILES string of the molecule is COc1cc2cc(c1OC)OCCC[C@H](O)CCN1CCCN(CCCNC2=O)CC1. The lowest BCUT2D eigenvalue weighted by molar-refractivity contribution is 0.0950. The molecule has 8 heteroatoms. The summed E-state index contributed by atoms with van der Waals surface area (Å²) in [6.07, 6.45) is 3.89. The van der Waals surface area contributed by atoms with Crippen LogP contribution in [0.4, 0.5) is 0 Å². The van der Waals surface area contributed by atoms with Crippen molar-refractivity contribution in [3.8, 4) is 17.2 Å². The van der Waals surface area contributed by atoms with Crippen LogP contribution in [0.25, 0.3) is 0 Å². The molecule has 0 spiro atoms. The molecule has 2 aliphatic heterocycles. The molecule has 1 amide bonds. The van der Waals surface area contributed by atoms with E-state index in [4.69, 9.17) is 14.2 Å². The summed E-state index contributed by atoms with van der Waals surface area (Å²) in [6.45, 7) is 7.19. The Labute approximate surface area is 185 Å². The number of amides is 1. The molecular formula is C23H37N3O5. The van der Waals surface area contributed by atoms with Gasteiger partial charge in [0.05, 0.1) is 26.9 Å². The molecule has 4 bridgehead atoms. The highest BCUT2D eigenvalue weighted by atomic mass is 16.5. The first-order valence-electron chi connectivity index (χ1n) is 11.4. The Hall–Kier alpha value is -2.03. The lowest BCUT2D eigenvalue weighted by Gasteiger charge is -2.22. The Kier molecular flexibility index (Phi) is 9.24. The molecule has 1 aromatic carbocycles. The number of benzene rings is 1. The molecule has 2 heterocycles. The van der Waals surface area contributed by atoms with Gasteiger partial charge in [0.15, 0.2) is 11.5 Å². The van der Waals surface area contributed by atoms with E-state index in [1.54, 1.807) is 26.4 Å². The van der Waals surface area contributed by atoms with E-state index in [2.05, 4.69) is 15.1 Å². The molecule has 2 N–H and O–H groups in total. The number of nitrogens with zero attached hydrogens (tertiary/aromatic N) is 2. The third-order valence-electron chi connectivity index (χ3n) is 6.04. The van der Waals surface area contributed by atoms with Gasteiger partial charge in [0.25, 0.3) is 5.91 Å². The first-order valence-corrected chi connectivity index (χ1v) is 11.4. The molecule has 8 nitrogen and oxygen atoms in total. The summed E-state index contributed by atoms with van der Waals surface area (Å²) < 4.78 is 16.8. The second kappa shape index (κ2) is 12.1. The number of rotatable bonds is 2. The highest BCUT2D eigenvalue weighted by Gasteiger charge is 2.19. The van der Waals surface area contributed by atoms with Gasteiger partial charge >= 0.3 is 0 Å². The minimum absolute atomic E-state index is 0.152. The van der Waals surface area contributed by atoms with Crippen LogP contribution in [0, 0.1) is 0 Å². The van der Waals surface area contributed by atoms with Crippen LogP contribution in [-0.4, -0.2) is 93.6 Å². The number of methoxy groups -OCH3 is 2. The monoisotopic (exact) mass is 435 g/mol. The van der Waals surface area contributed by atoms with E-state index in [1.165, 1.54) is 0 Å². The molecule has 31 heavy (non-hydrogen) atoms. The largest absolute Gasteiger partial charge is 0.493 e. The van der Waals surface area contributed by atoms with Gasteiger partial charge < -0.3 is 34.4 Å². The fraction of sp³-hybridized carbons (Fsp3) is 0.696. The first-order chi connectivity index (χ1) is 15.1. The lowest BCUT2D eigenvalue weighted by Crippen LogP contribution is -2.34. The molecule has 1 saturated heterocycles. The summed E-state index contributed by atoms with van der Waals surface area (Å²) in [4.78, 5) is 17.7. The molecule has 2 aliphatic rings. The van der Waals surface area contributed by atoms with Crippen LogP contribution in [0.5, 0.6) is 17.2 Å². The second-order valence-corrected chi connectivity index (χ2v) is 8.29. The molecule has 2 unspecified atom stereocenters. The maximum absolute atomic E-state index is 12.7. The smallest absolute Gasteiger partial charge is 0.251 e. The van der Waals surface area contributed by atoms with Crippen molar-refractivity contribution in [2.75, 3.05) is 66.6 Å². The Bertz CT molecular complexity index is 715. The standard InChI is InChI=1S/C23H37N3O5/c1-29-20-16-18-17-21(22(20)30-2)31-15-3-6-19(27)7-12-26-11-5-10-25(13-14-26)9-4-8-24-23(18)28/h16-17,19,27H,3-15H2,1-2H3,(H,24,28)/t19-/m0/s1. The quantitative estimate of drug-likeness (QED) is 0.732. The van der Waals surface area contributed by atoms with E-state index in [0.717, 1.165) is 65.0 Å². The number of hydrogen-bond acceptors (Lipinski definition) is 7. The fourth-order valence-electron chi connectivity index (χ4n) is 4.22. The summed E-state index contributed by atoms with van der Waals surface area (Å²) in [7, 11) is 3.10. The zero-order valence-electron chi connectivity index (χ0n) is 18.9. The topological polar surface area (TPSA) is 83.5 Å². The van der Waals surface area contributed by atoms with Gasteiger partial charge in [-0.15, -0.1) is 0 Å². The van der Waals surface area contributed by atoms with E-state index < -0.39 is 0 Å². The first kappa shape index (κ1) is 23.6. The molecule has 1 aromatic rings. The Morgan fingerprint density at radius 3 is 2.45 bits per heavy atom. The highest BCUT2D eigenvalue weighted by Crippen LogP contribution is 2.38. The number of fused-ring (bicyclic) bond motifs is 5. The molecule has 0 aliphatic carbocycles. The molecular weight excluding hydrogens is 398 g/mol. The second-order valence-electron chi connectivity index (χ2n) is 8.29. The van der Waals surface area contributed by atoms with Gasteiger partial charge in [-0.25, -0.2) is 0 Å². The fourth-order valence-corrected chi connectivity index (χ4v) is 4.22. The average Bonchev–Trinajstić information content (AvgIpc) is 3.02. The van der Waals surface area contributed by atoms with Gasteiger partial charge in [-0.2, -0.15) is 0 Å². The zero-order chi connectivity index (χ0) is 22.1. The number of carbonyl (C=O) groups excluding carboxylic acids is 1. The summed E-state index contributed by atoms with van der Waals surface area (Å²) in [5, 5.41) is 13.4. The molecule has 3 rings (SSSR count). The van der Waals surface area contributed by atoms with Gasteiger partial charge in [-0.1, -0.05) is 0 Å². The Balaban J connectivity index is 1.73. The van der Waals surface area contributed by atoms with Crippen LogP contribution < -0.4 is 19.5 Å². The van der Waals surface area contributed by atoms with Gasteiger partial charge in [0.1, 0.15) is 0 Å². The van der Waals surface area contributed by atoms with Crippen LogP contribution in [0.1, 0.15) is 42.5 Å². The molecule has 0 aromatic heterocycles. The van der Waals surface area contributed by atoms with E-state index >= 15 is 0 Å². The average molecular weight is 436 g/mol. The number of ether oxygens (including phenoxy) is 3. The van der Waals surface area contributed by atoms with E-state index in [9.17, 15) is 9.90 Å². The van der Waals surface area contributed by atoms with Gasteiger partial charge in [-0.05, 0) is 63.9 Å². The number of hydrogen-bond donors (Lipinski definition) is 2. The van der Waals surface area contributed by atoms with Gasteiger partial charge in [0, 0.05) is 31.7 Å². The lowest BCUT2D eigenvalue weighted by atomic mass is 10.1. The molecule has 174 valence electrons. The predicted molar refractivity (Wildman–Crippen MR) is 119 cm³/mol. The molecule has 3 atom stereocenters. The summed E-state index contributed by atoms with van der Waals surface area (Å²) in [5.41, 5.74) is 0.482. The number of aliphatic hydroxyl groups excluding tert-OH is 1. The van der Waals surface area contributed by atoms with Crippen LogP contribution in [0.2, 0.25) is 0 Å². The molecule has 1 fully saturated rings. The Morgan fingerprint density at radius 1 is 0.968 bits per heavy atom. The zero-order valence-corrected chi connectivity index (χ0v) is 18.9. The van der Waals surface area contributed by atoms with E-state index in [0.29, 0.717) is 42.4 Å². The molecule has 0 radical (unpaired) electrons. The van der Waals surface area contributed by atoms with Crippen molar-refractivity contribution in [2.45, 2.75) is 38.2 Å². The van der Waals surface area contributed by atoms with Crippen LogP contribution in [0.3, 0.4) is 0 Å². The maximum Gasteiger partial charge on any atom is 0.251 e. The minimum Gasteiger partial charge on any atom is -0.493 e. The maximum atomic E-state index is 12.7. The van der Waals surface area contributed by atoms with Gasteiger partial charge in [0.2, 0.25) is 5.75 Å². The minimum atomic E-state index is -0.335. The van der Waals surface area contributed by atoms with Crippen molar-refractivity contribution in [3.63, 3.8) is 0 Å². The van der Waals surface area contributed by atoms with Crippen molar-refractivity contribution >= 4 is 5.91 Å². The number of nitrogens with one attached hydrogen (secondary N) is 1. The Morgan fingerprint density at radius 2 is 1.71 bits per heavy atom. The van der Waals surface area contributed by atoms with Crippen LogP contribution in [0.15, 0.2) is 12.1 Å². The highest BCUT2D eigenvalue weighted by molar-refractivity contribution is 5.95. The molecule has 0 saturated carbocycles. The predicted octanol–water partition coefficient (Wildman–Crippen LogP) is 1.76. The van der Waals surface area contributed by atoms with Crippen molar-refractivity contribution in [3.05, 3.63) is 17.7 Å². The third-order valence-corrected chi connectivity index (χ3v) is 6.04. The number of aliphatic hydroxyl groups is 1. The van der Waals surface area contributed by atoms with Gasteiger partial charge in [-0.3, -0.25) is 4.79 Å². The summed E-state index contributed by atoms with van der Waals surface area (Å²) in [5.74, 6) is 1.26. The van der Waals surface area contributed by atoms with Crippen molar-refractivity contribution < 1.29 is 24.1 Å². The summed E-state index contributed by atoms with van der Waals surface area (Å²) >= 11 is 0. The normalized spacial score (nSPS) is 26.4. The van der Waals surface area contributed by atoms with Crippen LogP contribution >= 0.6 is 0 Å². The van der Waals surface area contributed by atoms with Crippen molar-refractivity contribution in [1.29, 1.82) is 0 Å². The summed E-state index contributed by atoms with van der Waals surface area (Å²) in [6, 6.07) is 3.38. The van der Waals surface area contributed by atoms with Crippen LogP contribution in [-0.2, 0) is 0 Å². The van der Waals surface area contributed by atoms with Crippen molar-refractivity contribution in [1.82, 2.24) is 15.1 Å². The van der Waals surface area contributed by atoms with E-state index in [1.807, 2.05) is 0 Å². The number of carbonyl (C=O) groups is 1. The van der Waals surface area contributed by atoms with E-state index in [-0.39, 0.29) is 12.0 Å². The van der Waals surface area contributed by atoms with Crippen molar-refractivity contribution in [2.24, 2.45) is 0 Å².